The van der Waals surface area contributed by atoms with Gasteiger partial charge in [0.05, 0.1) is 12.7 Å². The summed E-state index contributed by atoms with van der Waals surface area (Å²) in [5, 5.41) is 2.57. The molecule has 2 rings (SSSR count). The fraction of sp³-hybridized carbons (Fsp3) is 0.143. The van der Waals surface area contributed by atoms with Crippen LogP contribution in [0.2, 0.25) is 0 Å². The van der Waals surface area contributed by atoms with Crippen LogP contribution in [0.1, 0.15) is 10.5 Å². The molecule has 0 saturated heterocycles. The number of carbonyl (C=O) groups is 2. The molecule has 1 aromatic heterocycles. The summed E-state index contributed by atoms with van der Waals surface area (Å²) in [4.78, 5) is 32.7. The molecule has 0 radical (unpaired) electrons. The summed E-state index contributed by atoms with van der Waals surface area (Å²) in [6.07, 6.45) is 4.19. The van der Waals surface area contributed by atoms with E-state index in [1.54, 1.807) is 0 Å². The van der Waals surface area contributed by atoms with Gasteiger partial charge in [-0.15, -0.1) is 0 Å². The van der Waals surface area contributed by atoms with E-state index in [1.165, 1.54) is 54.8 Å². The van der Waals surface area contributed by atoms with Crippen molar-refractivity contribution in [2.24, 2.45) is 0 Å². The van der Waals surface area contributed by atoms with Gasteiger partial charge in [-0.25, -0.2) is 9.37 Å². The predicted octanol–water partition coefficient (Wildman–Crippen LogP) is 1.33. The number of hydrogen-bond donors (Lipinski definition) is 1. The molecule has 21 heavy (non-hydrogen) atoms. The zero-order chi connectivity index (χ0) is 15.2. The van der Waals surface area contributed by atoms with Crippen LogP contribution in [0, 0.1) is 5.82 Å². The molecule has 1 heterocycles. The summed E-state index contributed by atoms with van der Waals surface area (Å²) in [6.45, 7) is -0.146. The molecule has 0 fully saturated rings. The van der Waals surface area contributed by atoms with Gasteiger partial charge in [0.25, 0.3) is 5.91 Å². The van der Waals surface area contributed by atoms with E-state index < -0.39 is 5.91 Å². The lowest BCUT2D eigenvalue weighted by Crippen LogP contribution is -2.35. The molecule has 6 nitrogen and oxygen atoms in total. The molecular formula is C14H13FN4O2. The SMILES string of the molecule is CN(CC(=O)Nc1ccc(F)cc1)C(=O)c1cnccn1. The van der Waals surface area contributed by atoms with Crippen LogP contribution in [0.4, 0.5) is 10.1 Å². The molecule has 0 aliphatic carbocycles. The molecule has 1 N–H and O–H groups in total. The number of rotatable bonds is 4. The first kappa shape index (κ1) is 14.6. The Morgan fingerprint density at radius 1 is 1.24 bits per heavy atom. The van der Waals surface area contributed by atoms with E-state index in [-0.39, 0.29) is 24.0 Å². The van der Waals surface area contributed by atoms with Gasteiger partial charge in [0.15, 0.2) is 0 Å². The number of likely N-dealkylation sites (N-methyl/N-ethyl adjacent to an activating group) is 1. The molecule has 0 spiro atoms. The van der Waals surface area contributed by atoms with Crippen molar-refractivity contribution in [2.45, 2.75) is 0 Å². The summed E-state index contributed by atoms with van der Waals surface area (Å²) in [5.41, 5.74) is 0.622. The summed E-state index contributed by atoms with van der Waals surface area (Å²) in [6, 6.07) is 5.36. The van der Waals surface area contributed by atoms with Crippen LogP contribution in [0.3, 0.4) is 0 Å². The average Bonchev–Trinajstić information content (AvgIpc) is 2.49. The monoisotopic (exact) mass is 288 g/mol. The van der Waals surface area contributed by atoms with Crippen molar-refractivity contribution in [1.29, 1.82) is 0 Å². The van der Waals surface area contributed by atoms with E-state index in [0.29, 0.717) is 5.69 Å². The molecule has 7 heteroatoms. The maximum Gasteiger partial charge on any atom is 0.274 e. The Morgan fingerprint density at radius 2 is 1.95 bits per heavy atom. The molecule has 0 aliphatic rings. The second kappa shape index (κ2) is 6.56. The van der Waals surface area contributed by atoms with Crippen LogP contribution < -0.4 is 5.32 Å². The highest BCUT2D eigenvalue weighted by Crippen LogP contribution is 2.08. The van der Waals surface area contributed by atoms with Gasteiger partial charge in [0.1, 0.15) is 11.5 Å². The van der Waals surface area contributed by atoms with Gasteiger partial charge in [0.2, 0.25) is 5.91 Å². The number of amides is 2. The topological polar surface area (TPSA) is 75.2 Å². The second-order valence-electron chi connectivity index (χ2n) is 4.31. The molecule has 0 bridgehead atoms. The van der Waals surface area contributed by atoms with E-state index >= 15 is 0 Å². The van der Waals surface area contributed by atoms with Crippen molar-refractivity contribution in [3.8, 4) is 0 Å². The van der Waals surface area contributed by atoms with Crippen LogP contribution in [0.15, 0.2) is 42.9 Å². The van der Waals surface area contributed by atoms with Crippen LogP contribution >= 0.6 is 0 Å². The van der Waals surface area contributed by atoms with Crippen molar-refractivity contribution in [1.82, 2.24) is 14.9 Å². The van der Waals surface area contributed by atoms with E-state index in [2.05, 4.69) is 15.3 Å². The van der Waals surface area contributed by atoms with Crippen molar-refractivity contribution >= 4 is 17.5 Å². The zero-order valence-corrected chi connectivity index (χ0v) is 11.3. The Hall–Kier alpha value is -2.83. The van der Waals surface area contributed by atoms with Gasteiger partial charge >= 0.3 is 0 Å². The van der Waals surface area contributed by atoms with Gasteiger partial charge in [0, 0.05) is 25.1 Å². The maximum absolute atomic E-state index is 12.7. The van der Waals surface area contributed by atoms with Crippen LogP contribution in [-0.4, -0.2) is 40.3 Å². The largest absolute Gasteiger partial charge is 0.331 e. The lowest BCUT2D eigenvalue weighted by Gasteiger charge is -2.16. The van der Waals surface area contributed by atoms with Crippen molar-refractivity contribution in [3.05, 3.63) is 54.4 Å². The normalized spacial score (nSPS) is 10.0. The zero-order valence-electron chi connectivity index (χ0n) is 11.3. The number of carbonyl (C=O) groups excluding carboxylic acids is 2. The average molecular weight is 288 g/mol. The third-order valence-electron chi connectivity index (χ3n) is 2.64. The lowest BCUT2D eigenvalue weighted by atomic mass is 10.3. The second-order valence-corrected chi connectivity index (χ2v) is 4.31. The van der Waals surface area contributed by atoms with Gasteiger partial charge in [-0.05, 0) is 24.3 Å². The minimum Gasteiger partial charge on any atom is -0.331 e. The van der Waals surface area contributed by atoms with Crippen LogP contribution in [-0.2, 0) is 4.79 Å². The first-order chi connectivity index (χ1) is 10.1. The molecule has 2 aromatic rings. The standard InChI is InChI=1S/C14H13FN4O2/c1-19(14(21)12-8-16-6-7-17-12)9-13(20)18-11-4-2-10(15)3-5-11/h2-8H,9H2,1H3,(H,18,20). The summed E-state index contributed by atoms with van der Waals surface area (Å²) >= 11 is 0. The Morgan fingerprint density at radius 3 is 2.57 bits per heavy atom. The number of nitrogens with zero attached hydrogens (tertiary/aromatic N) is 3. The molecule has 1 aromatic carbocycles. The third-order valence-corrected chi connectivity index (χ3v) is 2.64. The maximum atomic E-state index is 12.7. The Bertz CT molecular complexity index is 631. The Kier molecular flexibility index (Phi) is 4.55. The quantitative estimate of drug-likeness (QED) is 0.921. The predicted molar refractivity (Wildman–Crippen MR) is 74.0 cm³/mol. The first-order valence-corrected chi connectivity index (χ1v) is 6.13. The van der Waals surface area contributed by atoms with Crippen molar-refractivity contribution in [2.75, 3.05) is 18.9 Å². The van der Waals surface area contributed by atoms with Crippen molar-refractivity contribution in [3.63, 3.8) is 0 Å². The van der Waals surface area contributed by atoms with E-state index in [1.807, 2.05) is 0 Å². The number of halogens is 1. The van der Waals surface area contributed by atoms with Gasteiger partial charge < -0.3 is 10.2 Å². The van der Waals surface area contributed by atoms with E-state index in [0.717, 1.165) is 0 Å². The fourth-order valence-corrected chi connectivity index (χ4v) is 1.63. The summed E-state index contributed by atoms with van der Waals surface area (Å²) in [5.74, 6) is -1.18. The molecule has 0 atom stereocenters. The fourth-order valence-electron chi connectivity index (χ4n) is 1.63. The number of aromatic nitrogens is 2. The van der Waals surface area contributed by atoms with Gasteiger partial charge in [-0.2, -0.15) is 0 Å². The smallest absolute Gasteiger partial charge is 0.274 e. The van der Waals surface area contributed by atoms with Crippen LogP contribution in [0.5, 0.6) is 0 Å². The third kappa shape index (κ3) is 4.07. The number of benzene rings is 1. The van der Waals surface area contributed by atoms with Crippen LogP contribution in [0.25, 0.3) is 0 Å². The molecule has 108 valence electrons. The lowest BCUT2D eigenvalue weighted by molar-refractivity contribution is -0.116. The summed E-state index contributed by atoms with van der Waals surface area (Å²) < 4.78 is 12.7. The highest BCUT2D eigenvalue weighted by Gasteiger charge is 2.16. The van der Waals surface area contributed by atoms with Gasteiger partial charge in [-0.1, -0.05) is 0 Å². The number of anilines is 1. The highest BCUT2D eigenvalue weighted by atomic mass is 19.1. The highest BCUT2D eigenvalue weighted by molar-refractivity contribution is 5.98. The molecule has 0 unspecified atom stereocenters. The van der Waals surface area contributed by atoms with Gasteiger partial charge in [-0.3, -0.25) is 14.6 Å². The summed E-state index contributed by atoms with van der Waals surface area (Å²) in [7, 11) is 1.49. The minimum atomic E-state index is -0.405. The number of nitrogens with one attached hydrogen (secondary N) is 1. The molecule has 0 aliphatic heterocycles. The van der Waals surface area contributed by atoms with E-state index in [4.69, 9.17) is 0 Å². The number of hydrogen-bond acceptors (Lipinski definition) is 4. The Labute approximate surface area is 120 Å². The molecular weight excluding hydrogens is 275 g/mol. The first-order valence-electron chi connectivity index (χ1n) is 6.13. The molecule has 0 saturated carbocycles. The van der Waals surface area contributed by atoms with Crippen molar-refractivity contribution < 1.29 is 14.0 Å². The molecule has 2 amide bonds. The Balaban J connectivity index is 1.93. The van der Waals surface area contributed by atoms with E-state index in [9.17, 15) is 14.0 Å². The minimum absolute atomic E-state index is 0.146.